The van der Waals surface area contributed by atoms with Crippen LogP contribution in [-0.4, -0.2) is 15.6 Å². The van der Waals surface area contributed by atoms with Gasteiger partial charge in [0.15, 0.2) is 0 Å². The van der Waals surface area contributed by atoms with E-state index in [-0.39, 0.29) is 0 Å². The molecule has 0 spiro atoms. The summed E-state index contributed by atoms with van der Waals surface area (Å²) in [7, 11) is 0. The fraction of sp³-hybridized carbons (Fsp3) is 0.226. The number of anilines is 2. The van der Waals surface area contributed by atoms with Crippen LogP contribution in [0.2, 0.25) is 0 Å². The highest BCUT2D eigenvalue weighted by Crippen LogP contribution is 2.31. The van der Waals surface area contributed by atoms with Crippen LogP contribution < -0.4 is 10.7 Å². The Morgan fingerprint density at radius 3 is 2.26 bits per heavy atom. The van der Waals surface area contributed by atoms with Gasteiger partial charge in [0.2, 0.25) is 0 Å². The lowest BCUT2D eigenvalue weighted by atomic mass is 9.88. The Balaban J connectivity index is 1.60. The van der Waals surface area contributed by atoms with Gasteiger partial charge in [-0.2, -0.15) is 0 Å². The molecule has 0 saturated heterocycles. The van der Waals surface area contributed by atoms with Crippen LogP contribution in [0.3, 0.4) is 0 Å². The first-order chi connectivity index (χ1) is 17.2. The molecule has 0 atom stereocenters. The van der Waals surface area contributed by atoms with Gasteiger partial charge in [-0.1, -0.05) is 55.5 Å². The summed E-state index contributed by atoms with van der Waals surface area (Å²) in [5, 5.41) is 4.63. The second kappa shape index (κ2) is 9.38. The van der Waals surface area contributed by atoms with Crippen molar-refractivity contribution in [2.75, 3.05) is 5.32 Å². The first kappa shape index (κ1) is 21.6. The van der Waals surface area contributed by atoms with Crippen LogP contribution in [0, 0.1) is 5.92 Å². The maximum atomic E-state index is 5.31. The van der Waals surface area contributed by atoms with Gasteiger partial charge in [0.05, 0.1) is 39.5 Å². The summed E-state index contributed by atoms with van der Waals surface area (Å²) in [5.74, 6) is 0.802. The zero-order valence-electron chi connectivity index (χ0n) is 20.1. The van der Waals surface area contributed by atoms with Crippen molar-refractivity contribution in [2.45, 2.75) is 38.6 Å². The zero-order valence-corrected chi connectivity index (χ0v) is 20.1. The van der Waals surface area contributed by atoms with Crippen LogP contribution in [0.15, 0.2) is 102 Å². The van der Waals surface area contributed by atoms with E-state index in [0.717, 1.165) is 63.6 Å². The molecule has 2 aliphatic carbocycles. The van der Waals surface area contributed by atoms with Crippen molar-refractivity contribution in [2.24, 2.45) is 10.9 Å². The van der Waals surface area contributed by atoms with Gasteiger partial charge >= 0.3 is 0 Å². The van der Waals surface area contributed by atoms with E-state index in [1.165, 1.54) is 12.8 Å². The largest absolute Gasteiger partial charge is 0.354 e. The van der Waals surface area contributed by atoms with Crippen LogP contribution >= 0.6 is 0 Å². The maximum Gasteiger partial charge on any atom is 0.0900 e. The fourth-order valence-electron chi connectivity index (χ4n) is 5.15. The average molecular weight is 459 g/mol. The number of rotatable bonds is 4. The molecule has 1 aliphatic heterocycles. The van der Waals surface area contributed by atoms with Gasteiger partial charge in [0.1, 0.15) is 0 Å². The highest BCUT2D eigenvalue weighted by molar-refractivity contribution is 5.84. The van der Waals surface area contributed by atoms with Gasteiger partial charge in [-0.05, 0) is 80.1 Å². The third-order valence-electron chi connectivity index (χ3n) is 7.07. The highest BCUT2D eigenvalue weighted by atomic mass is 15.0. The molecular formula is C31H30N4. The van der Waals surface area contributed by atoms with Gasteiger partial charge in [0.25, 0.3) is 0 Å². The summed E-state index contributed by atoms with van der Waals surface area (Å²) >= 11 is 0. The van der Waals surface area contributed by atoms with E-state index in [1.54, 1.807) is 0 Å². The summed E-state index contributed by atoms with van der Waals surface area (Å²) in [6.07, 6.45) is 4.80. The molecule has 0 bridgehead atoms. The van der Waals surface area contributed by atoms with E-state index in [2.05, 4.69) is 102 Å². The number of nitrogens with one attached hydrogen (secondary N) is 1. The smallest absolute Gasteiger partial charge is 0.0900 e. The Kier molecular flexibility index (Phi) is 5.79. The topological polar surface area (TPSA) is 42.2 Å². The molecule has 1 N–H and O–H groups in total. The lowest BCUT2D eigenvalue weighted by Gasteiger charge is -2.24. The number of benzene rings is 4. The van der Waals surface area contributed by atoms with Crippen LogP contribution in [-0.2, 0) is 0 Å². The molecule has 6 rings (SSSR count). The van der Waals surface area contributed by atoms with E-state index in [9.17, 15) is 0 Å². The summed E-state index contributed by atoms with van der Waals surface area (Å²) in [6.45, 7) is 2.36. The molecule has 1 saturated carbocycles. The van der Waals surface area contributed by atoms with E-state index >= 15 is 0 Å². The van der Waals surface area contributed by atoms with E-state index < -0.39 is 0 Å². The lowest BCUT2D eigenvalue weighted by Crippen LogP contribution is -2.21. The van der Waals surface area contributed by atoms with Crippen LogP contribution in [0.5, 0.6) is 0 Å². The third-order valence-corrected chi connectivity index (χ3v) is 7.07. The number of hydrogen-bond acceptors (Lipinski definition) is 3. The average Bonchev–Trinajstić information content (AvgIpc) is 2.90. The van der Waals surface area contributed by atoms with Crippen molar-refractivity contribution in [3.05, 3.63) is 102 Å². The molecule has 4 heteroatoms. The SMILES string of the molecule is CC1CCC(N=c2cc3n(-c4ccccc4)c4ccccc4nc-3cc2Nc2ccccc2)CC1. The first-order valence-electron chi connectivity index (χ1n) is 12.6. The number of fused-ring (bicyclic) bond motifs is 2. The van der Waals surface area contributed by atoms with Crippen LogP contribution in [0.1, 0.15) is 32.6 Å². The molecule has 1 heterocycles. The molecular weight excluding hydrogens is 428 g/mol. The minimum absolute atomic E-state index is 0.360. The molecule has 0 aromatic heterocycles. The molecule has 174 valence electrons. The van der Waals surface area contributed by atoms with Crippen LogP contribution in [0.4, 0.5) is 11.4 Å². The van der Waals surface area contributed by atoms with Gasteiger partial charge in [0, 0.05) is 11.4 Å². The molecule has 4 nitrogen and oxygen atoms in total. The number of para-hydroxylation sites is 4. The van der Waals surface area contributed by atoms with Crippen molar-refractivity contribution in [3.63, 3.8) is 0 Å². The molecule has 1 fully saturated rings. The zero-order chi connectivity index (χ0) is 23.6. The van der Waals surface area contributed by atoms with Gasteiger partial charge in [-0.3, -0.25) is 4.99 Å². The maximum absolute atomic E-state index is 5.31. The number of hydrogen-bond donors (Lipinski definition) is 1. The predicted molar refractivity (Wildman–Crippen MR) is 144 cm³/mol. The standard InChI is InChI=1S/C31H30N4/c1-22-16-18-24(19-17-22)33-28-21-31-29(20-27(28)32-23-10-4-2-5-11-23)34-26-14-8-9-15-30(26)35(31)25-12-6-3-7-13-25/h2-15,20-22,24,32H,16-19H2,1H3. The Labute approximate surface area is 206 Å². The van der Waals surface area contributed by atoms with Crippen LogP contribution in [0.25, 0.3) is 28.1 Å². The third kappa shape index (κ3) is 4.44. The Morgan fingerprint density at radius 2 is 1.49 bits per heavy atom. The quantitative estimate of drug-likeness (QED) is 0.286. The Bertz CT molecular complexity index is 1480. The Morgan fingerprint density at radius 1 is 0.800 bits per heavy atom. The molecule has 3 aromatic rings. The van der Waals surface area contributed by atoms with Crippen molar-refractivity contribution in [1.29, 1.82) is 0 Å². The molecule has 3 aromatic carbocycles. The first-order valence-corrected chi connectivity index (χ1v) is 12.6. The minimum Gasteiger partial charge on any atom is -0.354 e. The van der Waals surface area contributed by atoms with Crippen molar-refractivity contribution < 1.29 is 0 Å². The van der Waals surface area contributed by atoms with Crippen molar-refractivity contribution in [1.82, 2.24) is 9.55 Å². The molecule has 35 heavy (non-hydrogen) atoms. The van der Waals surface area contributed by atoms with E-state index in [0.29, 0.717) is 6.04 Å². The monoisotopic (exact) mass is 458 g/mol. The Hall–Kier alpha value is -3.92. The summed E-state index contributed by atoms with van der Waals surface area (Å²) in [6, 6.07) is 34.0. The van der Waals surface area contributed by atoms with Crippen molar-refractivity contribution >= 4 is 22.4 Å². The highest BCUT2D eigenvalue weighted by Gasteiger charge is 2.20. The normalized spacial score (nSPS) is 18.7. The summed E-state index contributed by atoms with van der Waals surface area (Å²) in [4.78, 5) is 10.4. The molecule has 3 aliphatic rings. The second-order valence-corrected chi connectivity index (χ2v) is 9.66. The lowest BCUT2D eigenvalue weighted by molar-refractivity contribution is 0.346. The molecule has 0 unspecified atom stereocenters. The minimum atomic E-state index is 0.360. The number of aromatic nitrogens is 2. The van der Waals surface area contributed by atoms with E-state index in [1.807, 2.05) is 12.1 Å². The molecule has 0 amide bonds. The van der Waals surface area contributed by atoms with Gasteiger partial charge in [-0.15, -0.1) is 0 Å². The number of nitrogens with zero attached hydrogens (tertiary/aromatic N) is 3. The van der Waals surface area contributed by atoms with Gasteiger partial charge in [-0.25, -0.2) is 4.98 Å². The van der Waals surface area contributed by atoms with Gasteiger partial charge < -0.3 is 9.88 Å². The molecule has 0 radical (unpaired) electrons. The predicted octanol–water partition coefficient (Wildman–Crippen LogP) is 7.35. The van der Waals surface area contributed by atoms with Crippen molar-refractivity contribution in [3.8, 4) is 17.1 Å². The summed E-state index contributed by atoms with van der Waals surface area (Å²) < 4.78 is 2.31. The summed E-state index contributed by atoms with van der Waals surface area (Å²) in [5.41, 5.74) is 7.26. The fourth-order valence-corrected chi connectivity index (χ4v) is 5.15. The second-order valence-electron chi connectivity index (χ2n) is 9.66. The van der Waals surface area contributed by atoms with E-state index in [4.69, 9.17) is 9.98 Å².